The van der Waals surface area contributed by atoms with Crippen LogP contribution in [0.15, 0.2) is 29.6 Å². The van der Waals surface area contributed by atoms with Crippen molar-refractivity contribution in [2.45, 2.75) is 19.8 Å². The number of rotatable bonds is 2. The molecule has 5 heteroatoms. The normalized spacial score (nSPS) is 22.4. The van der Waals surface area contributed by atoms with Crippen molar-refractivity contribution >= 4 is 33.3 Å². The summed E-state index contributed by atoms with van der Waals surface area (Å²) in [7, 11) is 0. The Bertz CT molecular complexity index is 708. The van der Waals surface area contributed by atoms with E-state index in [0.29, 0.717) is 18.5 Å². The average Bonchev–Trinajstić information content (AvgIpc) is 2.93. The van der Waals surface area contributed by atoms with Gasteiger partial charge in [-0.05, 0) is 54.8 Å². The van der Waals surface area contributed by atoms with Crippen LogP contribution in [0, 0.1) is 5.41 Å². The number of piperidine rings is 1. The predicted octanol–water partition coefficient (Wildman–Crippen LogP) is 3.23. The lowest BCUT2D eigenvalue weighted by atomic mass is 9.82. The molecule has 0 spiro atoms. The molecule has 1 unspecified atom stereocenters. The summed E-state index contributed by atoms with van der Waals surface area (Å²) < 4.78 is 1.15. The monoisotopic (exact) mass is 303 g/mol. The Morgan fingerprint density at radius 2 is 2.14 bits per heavy atom. The number of thiophene rings is 1. The second-order valence-corrected chi connectivity index (χ2v) is 6.82. The summed E-state index contributed by atoms with van der Waals surface area (Å²) in [6.45, 7) is 2.63. The first kappa shape index (κ1) is 14.1. The van der Waals surface area contributed by atoms with Crippen LogP contribution < -0.4 is 0 Å². The summed E-state index contributed by atoms with van der Waals surface area (Å²) in [6, 6.07) is 7.66. The van der Waals surface area contributed by atoms with Crippen molar-refractivity contribution in [3.63, 3.8) is 0 Å². The lowest BCUT2D eigenvalue weighted by Gasteiger charge is -2.37. The van der Waals surface area contributed by atoms with Crippen LogP contribution in [0.3, 0.4) is 0 Å². The Morgan fingerprint density at radius 3 is 2.90 bits per heavy atom. The van der Waals surface area contributed by atoms with Crippen molar-refractivity contribution in [3.8, 4) is 0 Å². The molecule has 2 aromatic rings. The third-order valence-corrected chi connectivity index (χ3v) is 5.10. The minimum absolute atomic E-state index is 0.0738. The van der Waals surface area contributed by atoms with Crippen molar-refractivity contribution in [2.75, 3.05) is 13.1 Å². The molecule has 4 nitrogen and oxygen atoms in total. The summed E-state index contributed by atoms with van der Waals surface area (Å²) >= 11 is 1.64. The first-order valence-electron chi connectivity index (χ1n) is 6.99. The molecule has 2 heterocycles. The number of carboxylic acids is 1. The van der Waals surface area contributed by atoms with Crippen LogP contribution in [0.4, 0.5) is 0 Å². The summed E-state index contributed by atoms with van der Waals surface area (Å²) in [6.07, 6.45) is 1.35. The zero-order chi connectivity index (χ0) is 15.0. The third-order valence-electron chi connectivity index (χ3n) is 4.20. The van der Waals surface area contributed by atoms with E-state index in [1.54, 1.807) is 23.2 Å². The number of aliphatic carboxylic acids is 1. The highest BCUT2D eigenvalue weighted by Gasteiger charge is 2.39. The van der Waals surface area contributed by atoms with E-state index in [2.05, 4.69) is 0 Å². The van der Waals surface area contributed by atoms with Crippen molar-refractivity contribution in [3.05, 3.63) is 35.2 Å². The topological polar surface area (TPSA) is 57.6 Å². The molecule has 0 radical (unpaired) electrons. The van der Waals surface area contributed by atoms with E-state index in [4.69, 9.17) is 0 Å². The Kier molecular flexibility index (Phi) is 3.45. The molecule has 1 aromatic heterocycles. The minimum atomic E-state index is -0.833. The molecular formula is C16H17NO3S. The maximum Gasteiger partial charge on any atom is 0.311 e. The maximum atomic E-state index is 12.6. The summed E-state index contributed by atoms with van der Waals surface area (Å²) in [5.74, 6) is -0.899. The number of nitrogens with zero attached hydrogens (tertiary/aromatic N) is 1. The Balaban J connectivity index is 1.85. The second-order valence-electron chi connectivity index (χ2n) is 5.87. The van der Waals surface area contributed by atoms with Crippen molar-refractivity contribution in [1.29, 1.82) is 0 Å². The van der Waals surface area contributed by atoms with Gasteiger partial charge in [0.1, 0.15) is 0 Å². The van der Waals surface area contributed by atoms with Gasteiger partial charge in [-0.3, -0.25) is 9.59 Å². The summed E-state index contributed by atoms with van der Waals surface area (Å²) in [5.41, 5.74) is -0.198. The maximum absolute atomic E-state index is 12.6. The Hall–Kier alpha value is -1.88. The summed E-state index contributed by atoms with van der Waals surface area (Å²) in [4.78, 5) is 25.7. The third kappa shape index (κ3) is 2.53. The van der Waals surface area contributed by atoms with Crippen LogP contribution in [-0.2, 0) is 4.79 Å². The number of fused-ring (bicyclic) bond motifs is 1. The molecule has 1 amide bonds. The Labute approximate surface area is 127 Å². The number of likely N-dealkylation sites (tertiary alicyclic amines) is 1. The quantitative estimate of drug-likeness (QED) is 0.926. The highest BCUT2D eigenvalue weighted by Crippen LogP contribution is 2.31. The number of carboxylic acid groups (broad SMARTS) is 1. The van der Waals surface area contributed by atoms with Crippen molar-refractivity contribution in [2.24, 2.45) is 5.41 Å². The van der Waals surface area contributed by atoms with Crippen LogP contribution in [-0.4, -0.2) is 35.0 Å². The molecule has 1 N–H and O–H groups in total. The molecule has 3 rings (SSSR count). The molecular weight excluding hydrogens is 286 g/mol. The molecule has 1 fully saturated rings. The van der Waals surface area contributed by atoms with Crippen LogP contribution in [0.1, 0.15) is 30.1 Å². The fourth-order valence-corrected chi connectivity index (χ4v) is 3.64. The average molecular weight is 303 g/mol. The first-order valence-corrected chi connectivity index (χ1v) is 7.87. The van der Waals surface area contributed by atoms with Crippen molar-refractivity contribution in [1.82, 2.24) is 4.90 Å². The minimum Gasteiger partial charge on any atom is -0.481 e. The van der Waals surface area contributed by atoms with Gasteiger partial charge in [-0.1, -0.05) is 0 Å². The number of benzene rings is 1. The highest BCUT2D eigenvalue weighted by atomic mass is 32.1. The lowest BCUT2D eigenvalue weighted by molar-refractivity contribution is -0.150. The van der Waals surface area contributed by atoms with Gasteiger partial charge in [-0.25, -0.2) is 0 Å². The smallest absolute Gasteiger partial charge is 0.311 e. The first-order chi connectivity index (χ1) is 9.99. The fourth-order valence-electron chi connectivity index (χ4n) is 2.87. The van der Waals surface area contributed by atoms with Gasteiger partial charge in [0, 0.05) is 23.4 Å². The largest absolute Gasteiger partial charge is 0.481 e. The molecule has 0 saturated carbocycles. The molecule has 1 atom stereocenters. The van der Waals surface area contributed by atoms with E-state index >= 15 is 0 Å². The van der Waals surface area contributed by atoms with Crippen LogP contribution in [0.25, 0.3) is 10.1 Å². The van der Waals surface area contributed by atoms with Gasteiger partial charge in [-0.2, -0.15) is 0 Å². The predicted molar refractivity (Wildman–Crippen MR) is 82.7 cm³/mol. The zero-order valence-corrected chi connectivity index (χ0v) is 12.7. The second kappa shape index (κ2) is 5.15. The molecule has 1 aliphatic rings. The summed E-state index contributed by atoms with van der Waals surface area (Å²) in [5, 5.41) is 12.4. The van der Waals surface area contributed by atoms with E-state index in [0.717, 1.165) is 16.5 Å². The molecule has 1 aliphatic heterocycles. The molecule has 21 heavy (non-hydrogen) atoms. The number of hydrogen-bond acceptors (Lipinski definition) is 3. The van der Waals surface area contributed by atoms with Gasteiger partial charge < -0.3 is 10.0 Å². The van der Waals surface area contributed by atoms with Crippen LogP contribution >= 0.6 is 11.3 Å². The van der Waals surface area contributed by atoms with Gasteiger partial charge in [0.15, 0.2) is 0 Å². The van der Waals surface area contributed by atoms with Crippen LogP contribution in [0.5, 0.6) is 0 Å². The fraction of sp³-hybridized carbons (Fsp3) is 0.375. The highest BCUT2D eigenvalue weighted by molar-refractivity contribution is 7.17. The lowest BCUT2D eigenvalue weighted by Crippen LogP contribution is -2.48. The van der Waals surface area contributed by atoms with Gasteiger partial charge in [0.25, 0.3) is 5.91 Å². The van der Waals surface area contributed by atoms with Crippen LogP contribution in [0.2, 0.25) is 0 Å². The van der Waals surface area contributed by atoms with Gasteiger partial charge >= 0.3 is 5.97 Å². The molecule has 110 valence electrons. The van der Waals surface area contributed by atoms with Gasteiger partial charge in [-0.15, -0.1) is 11.3 Å². The molecule has 0 aliphatic carbocycles. The van der Waals surface area contributed by atoms with Crippen molar-refractivity contribution < 1.29 is 14.7 Å². The van der Waals surface area contributed by atoms with Gasteiger partial charge in [0.05, 0.1) is 5.41 Å². The molecule has 0 bridgehead atoms. The van der Waals surface area contributed by atoms with E-state index in [-0.39, 0.29) is 12.5 Å². The van der Waals surface area contributed by atoms with E-state index in [1.807, 2.05) is 29.6 Å². The van der Waals surface area contributed by atoms with E-state index in [9.17, 15) is 14.7 Å². The Morgan fingerprint density at radius 1 is 1.33 bits per heavy atom. The number of amides is 1. The number of hydrogen-bond donors (Lipinski definition) is 1. The molecule has 1 saturated heterocycles. The van der Waals surface area contributed by atoms with E-state index in [1.165, 1.54) is 0 Å². The van der Waals surface area contributed by atoms with E-state index < -0.39 is 11.4 Å². The molecule has 1 aromatic carbocycles. The van der Waals surface area contributed by atoms with Gasteiger partial charge in [0.2, 0.25) is 0 Å². The number of carbonyl (C=O) groups is 2. The SMILES string of the molecule is CC1(C(=O)O)CCCN(C(=O)c2ccc3sccc3c2)C1. The zero-order valence-electron chi connectivity index (χ0n) is 11.8. The standard InChI is InChI=1S/C16H17NO3S/c1-16(15(19)20)6-2-7-17(10-16)14(18)12-3-4-13-11(9-12)5-8-21-13/h3-5,8-9H,2,6-7,10H2,1H3,(H,19,20). The number of carbonyl (C=O) groups excluding carboxylic acids is 1.